The first-order valence-corrected chi connectivity index (χ1v) is 13.4. The Bertz CT molecular complexity index is 1080. The standard InChI is InChI=1S/C31H39NO3/c1-30-16-15-27-24(11-12-25-22(8-7-17-33)18-21(20-34)19-31(25,27)2)26(30)13-14-28(30)29(35)32(3)23-9-5-4-6-10-23/h4-6,8-10,20,22,24-28,34H,11-16,18-19H2,1-3H3/t22?,24-,25?,26-,27-,28+,30-,31-/m0/s1. The molecule has 0 spiro atoms. The molecular weight excluding hydrogens is 434 g/mol. The van der Waals surface area contributed by atoms with Gasteiger partial charge in [0.2, 0.25) is 5.91 Å². The van der Waals surface area contributed by atoms with Crippen LogP contribution in [0.15, 0.2) is 54.0 Å². The molecule has 0 bridgehead atoms. The van der Waals surface area contributed by atoms with Gasteiger partial charge in [0.1, 0.15) is 0 Å². The van der Waals surface area contributed by atoms with Crippen LogP contribution in [0.4, 0.5) is 5.69 Å². The molecule has 1 aromatic carbocycles. The maximum atomic E-state index is 13.7. The molecule has 1 N–H and O–H groups in total. The maximum Gasteiger partial charge on any atom is 0.230 e. The number of carbonyl (C=O) groups is 1. The van der Waals surface area contributed by atoms with E-state index in [1.165, 1.54) is 12.7 Å². The van der Waals surface area contributed by atoms with Gasteiger partial charge in [-0.2, -0.15) is 0 Å². The van der Waals surface area contributed by atoms with Crippen LogP contribution in [0, 0.1) is 46.3 Å². The molecule has 0 heterocycles. The molecule has 8 atom stereocenters. The minimum Gasteiger partial charge on any atom is -0.516 e. The van der Waals surface area contributed by atoms with Gasteiger partial charge >= 0.3 is 0 Å². The predicted molar refractivity (Wildman–Crippen MR) is 138 cm³/mol. The van der Waals surface area contributed by atoms with E-state index in [4.69, 9.17) is 0 Å². The number of nitrogens with zero attached hydrogens (tertiary/aromatic N) is 1. The molecule has 4 nitrogen and oxygen atoms in total. The SMILES string of the molecule is CN(C(=O)[C@H]1CC[C@H]2[C@@H]3CCC4C(C=C=C=O)CC(=CO)C[C@]4(C)[C@H]3CC[C@]12C)c1ccccc1. The summed E-state index contributed by atoms with van der Waals surface area (Å²) in [5, 5.41) is 9.95. The summed E-state index contributed by atoms with van der Waals surface area (Å²) in [6, 6.07) is 10.0. The summed E-state index contributed by atoms with van der Waals surface area (Å²) in [4.78, 5) is 26.5. The Labute approximate surface area is 209 Å². The van der Waals surface area contributed by atoms with Crippen LogP contribution in [0.5, 0.6) is 0 Å². The number of allylic oxidation sites excluding steroid dienone is 2. The van der Waals surface area contributed by atoms with Crippen LogP contribution < -0.4 is 4.90 Å². The van der Waals surface area contributed by atoms with Crippen LogP contribution in [-0.4, -0.2) is 24.0 Å². The average molecular weight is 474 g/mol. The maximum absolute atomic E-state index is 13.7. The molecule has 2 unspecified atom stereocenters. The lowest BCUT2D eigenvalue weighted by molar-refractivity contribution is -0.135. The fraction of sp³-hybridized carbons (Fsp3) is 0.613. The third-order valence-corrected chi connectivity index (χ3v) is 10.9. The van der Waals surface area contributed by atoms with E-state index >= 15 is 0 Å². The molecule has 4 aliphatic rings. The van der Waals surface area contributed by atoms with Gasteiger partial charge in [0.25, 0.3) is 0 Å². The van der Waals surface area contributed by atoms with Crippen molar-refractivity contribution in [2.75, 3.05) is 11.9 Å². The first-order chi connectivity index (χ1) is 16.8. The zero-order valence-electron chi connectivity index (χ0n) is 21.4. The van der Waals surface area contributed by atoms with Crippen molar-refractivity contribution in [2.45, 2.75) is 65.2 Å². The van der Waals surface area contributed by atoms with Crippen molar-refractivity contribution in [3.8, 4) is 0 Å². The fourth-order valence-corrected chi connectivity index (χ4v) is 9.29. The van der Waals surface area contributed by atoms with Crippen LogP contribution in [0.1, 0.15) is 65.2 Å². The smallest absolute Gasteiger partial charge is 0.230 e. The predicted octanol–water partition coefficient (Wildman–Crippen LogP) is 6.52. The number of rotatable bonds is 3. The van der Waals surface area contributed by atoms with Gasteiger partial charge in [-0.3, -0.25) is 4.79 Å². The number of carbonyl (C=O) groups excluding carboxylic acids is 2. The largest absolute Gasteiger partial charge is 0.516 e. The highest BCUT2D eigenvalue weighted by molar-refractivity contribution is 5.95. The van der Waals surface area contributed by atoms with Gasteiger partial charge in [-0.05, 0) is 121 Å². The van der Waals surface area contributed by atoms with Crippen LogP contribution in [-0.2, 0) is 9.59 Å². The Morgan fingerprint density at radius 1 is 1.03 bits per heavy atom. The number of fused-ring (bicyclic) bond motifs is 5. The molecule has 4 saturated carbocycles. The van der Waals surface area contributed by atoms with Crippen LogP contribution in [0.2, 0.25) is 0 Å². The number of hydrogen-bond donors (Lipinski definition) is 1. The van der Waals surface area contributed by atoms with Gasteiger partial charge in [-0.25, -0.2) is 4.79 Å². The van der Waals surface area contributed by atoms with Crippen molar-refractivity contribution in [1.82, 2.24) is 0 Å². The molecule has 5 rings (SSSR count). The molecule has 4 fully saturated rings. The quantitative estimate of drug-likeness (QED) is 0.309. The highest BCUT2D eigenvalue weighted by atomic mass is 16.2. The van der Waals surface area contributed by atoms with E-state index in [-0.39, 0.29) is 28.6 Å². The van der Waals surface area contributed by atoms with Crippen molar-refractivity contribution in [3.63, 3.8) is 0 Å². The second kappa shape index (κ2) is 9.16. The average Bonchev–Trinajstić information content (AvgIpc) is 3.23. The third-order valence-electron chi connectivity index (χ3n) is 10.9. The minimum atomic E-state index is 0.0500. The topological polar surface area (TPSA) is 57.6 Å². The van der Waals surface area contributed by atoms with E-state index in [9.17, 15) is 14.7 Å². The summed E-state index contributed by atoms with van der Waals surface area (Å²) in [5.41, 5.74) is 4.91. The van der Waals surface area contributed by atoms with E-state index in [0.717, 1.165) is 56.2 Å². The second-order valence-corrected chi connectivity index (χ2v) is 12.2. The summed E-state index contributed by atoms with van der Waals surface area (Å²) < 4.78 is 0. The first kappa shape index (κ1) is 24.2. The van der Waals surface area contributed by atoms with Crippen molar-refractivity contribution in [1.29, 1.82) is 0 Å². The van der Waals surface area contributed by atoms with Crippen molar-refractivity contribution >= 4 is 17.5 Å². The molecular formula is C31H39NO3. The number of aliphatic hydroxyl groups excluding tert-OH is 1. The summed E-state index contributed by atoms with van der Waals surface area (Å²) >= 11 is 0. The molecule has 1 aromatic rings. The van der Waals surface area contributed by atoms with Gasteiger partial charge in [0.15, 0.2) is 5.94 Å². The Morgan fingerprint density at radius 2 is 1.74 bits per heavy atom. The molecule has 35 heavy (non-hydrogen) atoms. The lowest BCUT2D eigenvalue weighted by Crippen LogP contribution is -2.55. The van der Waals surface area contributed by atoms with Crippen molar-refractivity contribution in [2.24, 2.45) is 46.3 Å². The van der Waals surface area contributed by atoms with Gasteiger partial charge in [-0.15, -0.1) is 0 Å². The zero-order valence-corrected chi connectivity index (χ0v) is 21.4. The Kier molecular flexibility index (Phi) is 6.32. The minimum absolute atomic E-state index is 0.0500. The van der Waals surface area contributed by atoms with E-state index < -0.39 is 0 Å². The molecule has 4 heteroatoms. The molecule has 0 aliphatic heterocycles. The summed E-state index contributed by atoms with van der Waals surface area (Å²) in [5.74, 6) is 4.69. The van der Waals surface area contributed by atoms with E-state index in [1.807, 2.05) is 54.3 Å². The van der Waals surface area contributed by atoms with Crippen LogP contribution >= 0.6 is 0 Å². The monoisotopic (exact) mass is 473 g/mol. The first-order valence-electron chi connectivity index (χ1n) is 13.4. The van der Waals surface area contributed by atoms with Crippen LogP contribution in [0.25, 0.3) is 0 Å². The molecule has 0 saturated heterocycles. The summed E-state index contributed by atoms with van der Waals surface area (Å²) in [6.45, 7) is 4.84. The second-order valence-electron chi connectivity index (χ2n) is 12.2. The molecule has 4 aliphatic carbocycles. The Hall–Kier alpha value is -2.54. The van der Waals surface area contributed by atoms with Crippen LogP contribution in [0.3, 0.4) is 0 Å². The summed E-state index contributed by atoms with van der Waals surface area (Å²) in [6.07, 6.45) is 11.7. The highest BCUT2D eigenvalue weighted by Crippen LogP contribution is 2.68. The normalized spacial score (nSPS) is 41.1. The van der Waals surface area contributed by atoms with E-state index in [2.05, 4.69) is 19.6 Å². The van der Waals surface area contributed by atoms with Gasteiger partial charge in [0, 0.05) is 18.7 Å². The summed E-state index contributed by atoms with van der Waals surface area (Å²) in [7, 11) is 1.93. The molecule has 1 amide bonds. The number of hydrogen-bond acceptors (Lipinski definition) is 3. The van der Waals surface area contributed by atoms with E-state index in [0.29, 0.717) is 23.7 Å². The van der Waals surface area contributed by atoms with Gasteiger partial charge in [-0.1, -0.05) is 32.0 Å². The third kappa shape index (κ3) is 3.83. The zero-order chi connectivity index (χ0) is 24.8. The van der Waals surface area contributed by atoms with Gasteiger partial charge in [0.05, 0.1) is 6.26 Å². The Balaban J connectivity index is 1.41. The van der Waals surface area contributed by atoms with Crippen molar-refractivity contribution < 1.29 is 14.7 Å². The number of aliphatic hydroxyl groups is 1. The van der Waals surface area contributed by atoms with E-state index in [1.54, 1.807) is 0 Å². The molecule has 186 valence electrons. The highest BCUT2D eigenvalue weighted by Gasteiger charge is 2.62. The Morgan fingerprint density at radius 3 is 2.46 bits per heavy atom. The van der Waals surface area contributed by atoms with Gasteiger partial charge < -0.3 is 10.0 Å². The van der Waals surface area contributed by atoms with Crippen molar-refractivity contribution in [3.05, 3.63) is 54.0 Å². The number of benzene rings is 1. The number of para-hydroxylation sites is 1. The number of anilines is 1. The molecule has 0 radical (unpaired) electrons. The number of amides is 1. The lowest BCUT2D eigenvalue weighted by atomic mass is 9.43. The fourth-order valence-electron chi connectivity index (χ4n) is 9.29. The molecule has 0 aromatic heterocycles. The lowest BCUT2D eigenvalue weighted by Gasteiger charge is -2.61.